The van der Waals surface area contributed by atoms with E-state index in [2.05, 4.69) is 22.6 Å². The van der Waals surface area contributed by atoms with Crippen molar-refractivity contribution in [1.29, 1.82) is 0 Å². The van der Waals surface area contributed by atoms with E-state index in [1.54, 1.807) is 18.2 Å². The van der Waals surface area contributed by atoms with Gasteiger partial charge in [0, 0.05) is 21.7 Å². The first-order chi connectivity index (χ1) is 7.99. The molecule has 2 atom stereocenters. The second-order valence-corrected chi connectivity index (χ2v) is 5.57. The summed E-state index contributed by atoms with van der Waals surface area (Å²) in [6.07, 6.45) is -1.73. The molecule has 2 N–H and O–H groups in total. The quantitative estimate of drug-likeness (QED) is 0.732. The van der Waals surface area contributed by atoms with Crippen LogP contribution < -0.4 is 0 Å². The molecule has 6 heteroatoms. The van der Waals surface area contributed by atoms with Gasteiger partial charge in [0.25, 0.3) is 5.91 Å². The van der Waals surface area contributed by atoms with Gasteiger partial charge in [-0.1, -0.05) is 11.6 Å². The predicted octanol–water partition coefficient (Wildman–Crippen LogP) is 1.12. The highest BCUT2D eigenvalue weighted by atomic mass is 127. The number of benzene rings is 1. The van der Waals surface area contributed by atoms with Crippen molar-refractivity contribution in [3.8, 4) is 0 Å². The number of nitrogens with zero attached hydrogens (tertiary/aromatic N) is 1. The summed E-state index contributed by atoms with van der Waals surface area (Å²) >= 11 is 7.91. The molecule has 0 aliphatic carbocycles. The summed E-state index contributed by atoms with van der Waals surface area (Å²) in [6.45, 7) is 0.311. The van der Waals surface area contributed by atoms with Crippen molar-refractivity contribution >= 4 is 40.1 Å². The van der Waals surface area contributed by atoms with E-state index in [0.29, 0.717) is 10.6 Å². The first-order valence-corrected chi connectivity index (χ1v) is 6.55. The SMILES string of the molecule is O=C(c1cc(Cl)ccc1I)N1C[C@@H](O)[C@@H](O)C1. The Hall–Kier alpha value is -0.370. The Labute approximate surface area is 117 Å². The minimum atomic E-state index is -0.865. The Morgan fingerprint density at radius 2 is 1.94 bits per heavy atom. The van der Waals surface area contributed by atoms with Gasteiger partial charge in [-0.05, 0) is 40.8 Å². The molecule has 0 radical (unpaired) electrons. The molecule has 2 rings (SSSR count). The highest BCUT2D eigenvalue weighted by Crippen LogP contribution is 2.21. The fraction of sp³-hybridized carbons (Fsp3) is 0.364. The van der Waals surface area contributed by atoms with Crippen molar-refractivity contribution < 1.29 is 15.0 Å². The van der Waals surface area contributed by atoms with Crippen molar-refractivity contribution in [2.45, 2.75) is 12.2 Å². The Kier molecular flexibility index (Phi) is 3.92. The van der Waals surface area contributed by atoms with E-state index in [0.717, 1.165) is 3.57 Å². The molecule has 1 fully saturated rings. The average molecular weight is 368 g/mol. The molecule has 0 aromatic heterocycles. The van der Waals surface area contributed by atoms with Crippen LogP contribution in [0.5, 0.6) is 0 Å². The van der Waals surface area contributed by atoms with E-state index in [1.165, 1.54) is 4.90 Å². The molecule has 17 heavy (non-hydrogen) atoms. The minimum absolute atomic E-state index is 0.155. The summed E-state index contributed by atoms with van der Waals surface area (Å²) < 4.78 is 0.799. The average Bonchev–Trinajstić information content (AvgIpc) is 2.62. The number of carbonyl (C=O) groups is 1. The third-order valence-electron chi connectivity index (χ3n) is 2.71. The Bertz CT molecular complexity index is 444. The topological polar surface area (TPSA) is 60.8 Å². The Balaban J connectivity index is 2.23. The van der Waals surface area contributed by atoms with Crippen LogP contribution in [-0.4, -0.2) is 46.3 Å². The van der Waals surface area contributed by atoms with E-state index in [4.69, 9.17) is 11.6 Å². The van der Waals surface area contributed by atoms with Gasteiger partial charge in [0.15, 0.2) is 0 Å². The predicted molar refractivity (Wildman–Crippen MR) is 72.1 cm³/mol. The molecule has 1 aliphatic heterocycles. The fourth-order valence-corrected chi connectivity index (χ4v) is 2.51. The largest absolute Gasteiger partial charge is 0.388 e. The van der Waals surface area contributed by atoms with Crippen LogP contribution in [-0.2, 0) is 0 Å². The Morgan fingerprint density at radius 3 is 2.53 bits per heavy atom. The van der Waals surface area contributed by atoms with Gasteiger partial charge in [-0.25, -0.2) is 0 Å². The number of rotatable bonds is 1. The van der Waals surface area contributed by atoms with Crippen LogP contribution in [0, 0.1) is 3.57 Å². The fourth-order valence-electron chi connectivity index (χ4n) is 1.77. The standard InChI is InChI=1S/C11H11ClINO3/c12-6-1-2-8(13)7(3-6)11(17)14-4-9(15)10(16)5-14/h1-3,9-10,15-16H,4-5H2/t9-,10+. The van der Waals surface area contributed by atoms with Crippen molar-refractivity contribution in [3.05, 3.63) is 32.4 Å². The number of β-amino-alcohol motifs (C(OH)–C–C–N with tert-alkyl or cyclic N) is 2. The molecule has 1 amide bonds. The van der Waals surface area contributed by atoms with Crippen molar-refractivity contribution in [3.63, 3.8) is 0 Å². The maximum Gasteiger partial charge on any atom is 0.255 e. The van der Waals surface area contributed by atoms with Gasteiger partial charge in [-0.2, -0.15) is 0 Å². The second kappa shape index (κ2) is 5.09. The van der Waals surface area contributed by atoms with Crippen LogP contribution in [0.4, 0.5) is 0 Å². The van der Waals surface area contributed by atoms with Crippen LogP contribution in [0.1, 0.15) is 10.4 Å². The zero-order valence-electron chi connectivity index (χ0n) is 8.81. The molecule has 0 spiro atoms. The van der Waals surface area contributed by atoms with E-state index in [-0.39, 0.29) is 19.0 Å². The molecule has 0 saturated carbocycles. The summed E-state index contributed by atoms with van der Waals surface area (Å²) in [4.78, 5) is 13.6. The van der Waals surface area contributed by atoms with E-state index in [9.17, 15) is 15.0 Å². The Morgan fingerprint density at radius 1 is 1.35 bits per heavy atom. The number of carbonyl (C=O) groups excluding carboxylic acids is 1. The van der Waals surface area contributed by atoms with Gasteiger partial charge >= 0.3 is 0 Å². The first-order valence-electron chi connectivity index (χ1n) is 5.09. The van der Waals surface area contributed by atoms with Crippen LogP contribution in [0.15, 0.2) is 18.2 Å². The van der Waals surface area contributed by atoms with Crippen LogP contribution in [0.3, 0.4) is 0 Å². The van der Waals surface area contributed by atoms with Gasteiger partial charge in [0.05, 0.1) is 17.8 Å². The third-order valence-corrected chi connectivity index (χ3v) is 3.88. The van der Waals surface area contributed by atoms with Crippen LogP contribution in [0.2, 0.25) is 5.02 Å². The van der Waals surface area contributed by atoms with Crippen LogP contribution >= 0.6 is 34.2 Å². The maximum absolute atomic E-state index is 12.2. The number of hydrogen-bond donors (Lipinski definition) is 2. The molecule has 0 bridgehead atoms. The maximum atomic E-state index is 12.2. The van der Waals surface area contributed by atoms with Crippen LogP contribution in [0.25, 0.3) is 0 Å². The molecule has 92 valence electrons. The number of hydrogen-bond acceptors (Lipinski definition) is 3. The zero-order valence-corrected chi connectivity index (χ0v) is 11.7. The second-order valence-electron chi connectivity index (χ2n) is 3.97. The number of halogens is 2. The summed E-state index contributed by atoms with van der Waals surface area (Å²) in [6, 6.07) is 5.08. The summed E-state index contributed by atoms with van der Waals surface area (Å²) in [5, 5.41) is 19.3. The lowest BCUT2D eigenvalue weighted by atomic mass is 10.2. The van der Waals surface area contributed by atoms with Gasteiger partial charge in [-0.3, -0.25) is 4.79 Å². The van der Waals surface area contributed by atoms with Gasteiger partial charge in [-0.15, -0.1) is 0 Å². The lowest BCUT2D eigenvalue weighted by Gasteiger charge is -2.16. The molecule has 1 heterocycles. The van der Waals surface area contributed by atoms with Crippen molar-refractivity contribution in [2.24, 2.45) is 0 Å². The van der Waals surface area contributed by atoms with Gasteiger partial charge in [0.1, 0.15) is 0 Å². The lowest BCUT2D eigenvalue weighted by Crippen LogP contribution is -2.30. The molecular weight excluding hydrogens is 356 g/mol. The number of amides is 1. The molecule has 4 nitrogen and oxygen atoms in total. The number of aliphatic hydroxyl groups excluding tert-OH is 2. The number of likely N-dealkylation sites (tertiary alicyclic amines) is 1. The lowest BCUT2D eigenvalue weighted by molar-refractivity contribution is 0.0572. The molecule has 1 aliphatic rings. The normalized spacial score (nSPS) is 24.1. The van der Waals surface area contributed by atoms with E-state index >= 15 is 0 Å². The van der Waals surface area contributed by atoms with Crippen molar-refractivity contribution in [2.75, 3.05) is 13.1 Å². The molecule has 1 saturated heterocycles. The molecule has 0 unspecified atom stereocenters. The summed E-state index contributed by atoms with van der Waals surface area (Å²) in [5.74, 6) is -0.215. The summed E-state index contributed by atoms with van der Waals surface area (Å²) in [7, 11) is 0. The highest BCUT2D eigenvalue weighted by molar-refractivity contribution is 14.1. The molecular formula is C11H11ClINO3. The number of aliphatic hydroxyl groups is 2. The molecule has 1 aromatic carbocycles. The highest BCUT2D eigenvalue weighted by Gasteiger charge is 2.33. The smallest absolute Gasteiger partial charge is 0.255 e. The first kappa shape index (κ1) is 13.1. The van der Waals surface area contributed by atoms with E-state index in [1.807, 2.05) is 0 Å². The monoisotopic (exact) mass is 367 g/mol. The van der Waals surface area contributed by atoms with Gasteiger partial charge in [0.2, 0.25) is 0 Å². The van der Waals surface area contributed by atoms with Gasteiger partial charge < -0.3 is 15.1 Å². The molecule has 1 aromatic rings. The summed E-state index contributed by atoms with van der Waals surface area (Å²) in [5.41, 5.74) is 0.499. The minimum Gasteiger partial charge on any atom is -0.388 e. The van der Waals surface area contributed by atoms with E-state index < -0.39 is 12.2 Å². The third kappa shape index (κ3) is 2.73. The zero-order chi connectivity index (χ0) is 12.6. The van der Waals surface area contributed by atoms with Crippen molar-refractivity contribution in [1.82, 2.24) is 4.90 Å².